The molecule has 2 bridgehead atoms. The van der Waals surface area contributed by atoms with E-state index in [4.69, 9.17) is 10.1 Å². The topological polar surface area (TPSA) is 146 Å². The van der Waals surface area contributed by atoms with E-state index in [0.717, 1.165) is 31.4 Å². The number of carboxylic acid groups (broad SMARTS) is 1. The third-order valence-electron chi connectivity index (χ3n) is 5.80. The number of aromatic nitrogens is 2. The number of piperidine rings is 1. The Kier molecular flexibility index (Phi) is 5.71. The average molecular weight is 463 g/mol. The molecule has 1 aromatic heterocycles. The summed E-state index contributed by atoms with van der Waals surface area (Å²) >= 11 is 0. The van der Waals surface area contributed by atoms with E-state index in [1.165, 1.54) is 23.4 Å². The van der Waals surface area contributed by atoms with E-state index < -0.39 is 21.7 Å². The molecule has 12 heteroatoms. The molecule has 0 aliphatic carbocycles. The van der Waals surface area contributed by atoms with Crippen molar-refractivity contribution in [3.63, 3.8) is 0 Å². The highest BCUT2D eigenvalue weighted by Crippen LogP contribution is 2.38. The molecule has 0 spiro atoms. The minimum absolute atomic E-state index is 0.0158. The predicted molar refractivity (Wildman–Crippen MR) is 113 cm³/mol. The lowest BCUT2D eigenvalue weighted by Gasteiger charge is -2.36. The molecule has 3 heterocycles. The van der Waals surface area contributed by atoms with Gasteiger partial charge in [0.05, 0.1) is 16.1 Å². The number of benzene rings is 1. The first kappa shape index (κ1) is 21.9. The van der Waals surface area contributed by atoms with Gasteiger partial charge in [-0.15, -0.1) is 0 Å². The zero-order valence-corrected chi connectivity index (χ0v) is 18.0. The van der Waals surface area contributed by atoms with Crippen LogP contribution in [0.1, 0.15) is 31.2 Å². The summed E-state index contributed by atoms with van der Waals surface area (Å²) < 4.78 is 43.7. The Hall–Kier alpha value is -3.28. The minimum atomic E-state index is -3.55. The number of hydrogen-bond donors (Lipinski definition) is 3. The summed E-state index contributed by atoms with van der Waals surface area (Å²) in [6, 6.07) is 3.24. The SMILES string of the molecule is CS(=O)(=O)c1ccc(Nc2ncnc(OC3CC4CCC(C3)N4C(=O)O)c2C=N)c(F)c1. The van der Waals surface area contributed by atoms with Crippen molar-refractivity contribution in [2.45, 2.75) is 48.8 Å². The smallest absolute Gasteiger partial charge is 0.407 e. The molecule has 170 valence electrons. The number of ether oxygens (including phenoxy) is 1. The zero-order valence-electron chi connectivity index (χ0n) is 17.2. The van der Waals surface area contributed by atoms with Crippen LogP contribution in [0.2, 0.25) is 0 Å². The number of amides is 1. The molecule has 2 aliphatic rings. The molecular weight excluding hydrogens is 441 g/mol. The molecule has 1 aromatic carbocycles. The number of hydrogen-bond acceptors (Lipinski definition) is 8. The van der Waals surface area contributed by atoms with Crippen LogP contribution >= 0.6 is 0 Å². The molecule has 2 aromatic rings. The molecule has 3 N–H and O–H groups in total. The van der Waals surface area contributed by atoms with Gasteiger partial charge in [0.2, 0.25) is 5.88 Å². The highest BCUT2D eigenvalue weighted by molar-refractivity contribution is 7.90. The number of carbonyl (C=O) groups is 1. The van der Waals surface area contributed by atoms with Crippen LogP contribution in [0, 0.1) is 11.2 Å². The van der Waals surface area contributed by atoms with Gasteiger partial charge in [-0.2, -0.15) is 0 Å². The first-order chi connectivity index (χ1) is 15.2. The van der Waals surface area contributed by atoms with Crippen LogP contribution in [0.4, 0.5) is 20.7 Å². The van der Waals surface area contributed by atoms with Crippen molar-refractivity contribution >= 4 is 33.7 Å². The third-order valence-corrected chi connectivity index (χ3v) is 6.91. The van der Waals surface area contributed by atoms with Crippen LogP contribution in [-0.4, -0.2) is 65.1 Å². The Labute approximate surface area is 183 Å². The van der Waals surface area contributed by atoms with Crippen molar-refractivity contribution in [3.8, 4) is 5.88 Å². The number of nitrogens with zero attached hydrogens (tertiary/aromatic N) is 3. The molecular formula is C20H22FN5O5S. The van der Waals surface area contributed by atoms with Crippen LogP contribution in [-0.2, 0) is 9.84 Å². The monoisotopic (exact) mass is 463 g/mol. The summed E-state index contributed by atoms with van der Waals surface area (Å²) in [6.45, 7) is 0. The summed E-state index contributed by atoms with van der Waals surface area (Å²) in [4.78, 5) is 21.0. The van der Waals surface area contributed by atoms with E-state index in [0.29, 0.717) is 12.8 Å². The highest BCUT2D eigenvalue weighted by Gasteiger charge is 2.44. The molecule has 0 saturated carbocycles. The number of nitrogens with one attached hydrogen (secondary N) is 2. The van der Waals surface area contributed by atoms with Gasteiger partial charge in [-0.3, -0.25) is 0 Å². The quantitative estimate of drug-likeness (QED) is 0.555. The maximum atomic E-state index is 14.5. The summed E-state index contributed by atoms with van der Waals surface area (Å²) in [6.07, 6.45) is 4.62. The average Bonchev–Trinajstić information content (AvgIpc) is 3.00. The van der Waals surface area contributed by atoms with Crippen molar-refractivity contribution in [1.29, 1.82) is 5.41 Å². The van der Waals surface area contributed by atoms with Crippen molar-refractivity contribution in [2.75, 3.05) is 11.6 Å². The summed E-state index contributed by atoms with van der Waals surface area (Å²) in [5, 5.41) is 19.9. The Morgan fingerprint density at radius 3 is 2.56 bits per heavy atom. The maximum Gasteiger partial charge on any atom is 0.407 e. The molecule has 0 radical (unpaired) electrons. The van der Waals surface area contributed by atoms with Crippen LogP contribution in [0.5, 0.6) is 5.88 Å². The van der Waals surface area contributed by atoms with Gasteiger partial charge in [0.1, 0.15) is 24.1 Å². The van der Waals surface area contributed by atoms with E-state index >= 15 is 0 Å². The second kappa shape index (κ2) is 8.34. The van der Waals surface area contributed by atoms with Crippen molar-refractivity contribution in [3.05, 3.63) is 35.9 Å². The molecule has 32 heavy (non-hydrogen) atoms. The normalized spacial score (nSPS) is 22.4. The molecule has 10 nitrogen and oxygen atoms in total. The fourth-order valence-electron chi connectivity index (χ4n) is 4.35. The highest BCUT2D eigenvalue weighted by atomic mass is 32.2. The van der Waals surface area contributed by atoms with Gasteiger partial charge in [-0.25, -0.2) is 27.6 Å². The molecule has 2 unspecified atom stereocenters. The maximum absolute atomic E-state index is 14.5. The molecule has 2 fully saturated rings. The van der Waals surface area contributed by atoms with Gasteiger partial charge < -0.3 is 25.5 Å². The van der Waals surface area contributed by atoms with E-state index in [2.05, 4.69) is 15.3 Å². The van der Waals surface area contributed by atoms with Gasteiger partial charge in [0.25, 0.3) is 0 Å². The molecule has 4 rings (SSSR count). The Balaban J connectivity index is 1.55. The van der Waals surface area contributed by atoms with Crippen LogP contribution in [0.3, 0.4) is 0 Å². The number of sulfone groups is 1. The number of halogens is 1. The Bertz CT molecular complexity index is 1160. The first-order valence-electron chi connectivity index (χ1n) is 9.97. The van der Waals surface area contributed by atoms with E-state index in [1.54, 1.807) is 0 Å². The van der Waals surface area contributed by atoms with Crippen LogP contribution in [0.25, 0.3) is 0 Å². The van der Waals surface area contributed by atoms with Crippen molar-refractivity contribution in [2.24, 2.45) is 0 Å². The first-order valence-corrected chi connectivity index (χ1v) is 11.9. The molecule has 1 amide bonds. The largest absolute Gasteiger partial charge is 0.474 e. The van der Waals surface area contributed by atoms with Gasteiger partial charge in [-0.05, 0) is 31.0 Å². The molecule has 2 aliphatic heterocycles. The Morgan fingerprint density at radius 2 is 2.00 bits per heavy atom. The van der Waals surface area contributed by atoms with E-state index in [9.17, 15) is 22.7 Å². The third kappa shape index (κ3) is 4.22. The van der Waals surface area contributed by atoms with Gasteiger partial charge in [0.15, 0.2) is 9.84 Å². The minimum Gasteiger partial charge on any atom is -0.474 e. The van der Waals surface area contributed by atoms with E-state index in [-0.39, 0.29) is 46.0 Å². The van der Waals surface area contributed by atoms with Gasteiger partial charge >= 0.3 is 6.09 Å². The predicted octanol–water partition coefficient (Wildman–Crippen LogP) is 2.81. The number of rotatable bonds is 6. The Morgan fingerprint density at radius 1 is 1.31 bits per heavy atom. The lowest BCUT2D eigenvalue weighted by Crippen LogP contribution is -2.48. The standard InChI is InChI=1S/C20H22FN5O5S/c1-32(29,30)14-4-5-17(16(21)8-14)25-18-15(9-22)19(24-10-23-18)31-13-6-11-2-3-12(7-13)26(11)20(27)28/h4-5,8-13,22H,2-3,6-7H2,1H3,(H,27,28)(H,23,24,25). The van der Waals surface area contributed by atoms with Crippen LogP contribution in [0.15, 0.2) is 29.4 Å². The summed E-state index contributed by atoms with van der Waals surface area (Å²) in [5.74, 6) is -0.525. The van der Waals surface area contributed by atoms with Gasteiger partial charge in [-0.1, -0.05) is 0 Å². The lowest BCUT2D eigenvalue weighted by molar-refractivity contribution is 0.0476. The molecule has 2 atom stereocenters. The summed E-state index contributed by atoms with van der Waals surface area (Å²) in [5.41, 5.74) is 0.185. The molecule has 2 saturated heterocycles. The summed E-state index contributed by atoms with van der Waals surface area (Å²) in [7, 11) is -3.55. The number of fused-ring (bicyclic) bond motifs is 2. The second-order valence-corrected chi connectivity index (χ2v) is 9.93. The number of anilines is 2. The fourth-order valence-corrected chi connectivity index (χ4v) is 4.98. The van der Waals surface area contributed by atoms with Crippen molar-refractivity contribution in [1.82, 2.24) is 14.9 Å². The van der Waals surface area contributed by atoms with Crippen molar-refractivity contribution < 1.29 is 27.4 Å². The van der Waals surface area contributed by atoms with Gasteiger partial charge in [0, 0.05) is 37.4 Å². The van der Waals surface area contributed by atoms with Crippen LogP contribution < -0.4 is 10.1 Å². The fraction of sp³-hybridized carbons (Fsp3) is 0.400. The van der Waals surface area contributed by atoms with E-state index in [1.807, 2.05) is 0 Å². The lowest BCUT2D eigenvalue weighted by atomic mass is 10.0. The second-order valence-electron chi connectivity index (χ2n) is 7.91. The zero-order chi connectivity index (χ0) is 23.0.